The maximum Gasteiger partial charge on any atom is 0.0526 e. The predicted molar refractivity (Wildman–Crippen MR) is 65.8 cm³/mol. The maximum atomic E-state index is 4.00. The molecule has 0 aromatic heterocycles. The van der Waals surface area contributed by atoms with Crippen LogP contribution in [0.2, 0.25) is 0 Å². The third-order valence-corrected chi connectivity index (χ3v) is 3.75. The SMILES string of the molecule is C=C1C=CC2=C(C1)Sc1ccccc1N2. The Hall–Kier alpha value is -1.41. The van der Waals surface area contributed by atoms with Crippen molar-refractivity contribution in [1.29, 1.82) is 0 Å². The number of anilines is 1. The van der Waals surface area contributed by atoms with Crippen molar-refractivity contribution < 1.29 is 0 Å². The Morgan fingerprint density at radius 2 is 2.07 bits per heavy atom. The largest absolute Gasteiger partial charge is 0.354 e. The molecule has 2 heteroatoms. The minimum atomic E-state index is 0.970. The zero-order valence-corrected chi connectivity index (χ0v) is 9.10. The van der Waals surface area contributed by atoms with Gasteiger partial charge in [0.25, 0.3) is 0 Å². The second-order valence-corrected chi connectivity index (χ2v) is 4.87. The number of para-hydroxylation sites is 1. The van der Waals surface area contributed by atoms with Crippen LogP contribution in [0.3, 0.4) is 0 Å². The second kappa shape index (κ2) is 3.31. The molecule has 1 nitrogen and oxygen atoms in total. The lowest BCUT2D eigenvalue weighted by atomic mass is 10.1. The molecule has 0 atom stereocenters. The fraction of sp³-hybridized carbons (Fsp3) is 0.0769. The molecule has 15 heavy (non-hydrogen) atoms. The fourth-order valence-corrected chi connectivity index (χ4v) is 2.92. The van der Waals surface area contributed by atoms with Crippen LogP contribution in [-0.2, 0) is 0 Å². The molecule has 0 radical (unpaired) electrons. The van der Waals surface area contributed by atoms with Gasteiger partial charge in [0.15, 0.2) is 0 Å². The normalized spacial score (nSPS) is 18.3. The highest BCUT2D eigenvalue weighted by Crippen LogP contribution is 2.43. The van der Waals surface area contributed by atoms with Crippen LogP contribution in [0.4, 0.5) is 5.69 Å². The average Bonchev–Trinajstić information content (AvgIpc) is 2.26. The minimum Gasteiger partial charge on any atom is -0.354 e. The summed E-state index contributed by atoms with van der Waals surface area (Å²) in [5, 5.41) is 3.45. The predicted octanol–water partition coefficient (Wildman–Crippen LogP) is 3.93. The van der Waals surface area contributed by atoms with Crippen LogP contribution < -0.4 is 5.32 Å². The summed E-state index contributed by atoms with van der Waals surface area (Å²) in [7, 11) is 0. The third kappa shape index (κ3) is 1.51. The van der Waals surface area contributed by atoms with E-state index in [0.717, 1.165) is 6.42 Å². The van der Waals surface area contributed by atoms with E-state index in [9.17, 15) is 0 Å². The summed E-state index contributed by atoms with van der Waals surface area (Å²) in [4.78, 5) is 2.68. The van der Waals surface area contributed by atoms with Gasteiger partial charge in [0.2, 0.25) is 0 Å². The molecule has 0 saturated carbocycles. The van der Waals surface area contributed by atoms with Gasteiger partial charge in [0, 0.05) is 21.9 Å². The van der Waals surface area contributed by atoms with Gasteiger partial charge in [0.1, 0.15) is 0 Å². The summed E-state index contributed by atoms with van der Waals surface area (Å²) >= 11 is 1.85. The number of hydrogen-bond donors (Lipinski definition) is 1. The lowest BCUT2D eigenvalue weighted by molar-refractivity contribution is 1.18. The fourth-order valence-electron chi connectivity index (χ4n) is 1.79. The molecule has 1 aliphatic heterocycles. The van der Waals surface area contributed by atoms with Crippen molar-refractivity contribution in [3.63, 3.8) is 0 Å². The molecular formula is C13H11NS. The first-order valence-corrected chi connectivity index (χ1v) is 5.77. The van der Waals surface area contributed by atoms with E-state index in [4.69, 9.17) is 0 Å². The van der Waals surface area contributed by atoms with Gasteiger partial charge >= 0.3 is 0 Å². The van der Waals surface area contributed by atoms with Crippen LogP contribution >= 0.6 is 11.8 Å². The Morgan fingerprint density at radius 3 is 3.00 bits per heavy atom. The Kier molecular flexibility index (Phi) is 1.96. The highest BCUT2D eigenvalue weighted by molar-refractivity contribution is 8.03. The first-order chi connectivity index (χ1) is 7.33. The van der Waals surface area contributed by atoms with Crippen molar-refractivity contribution in [2.45, 2.75) is 11.3 Å². The van der Waals surface area contributed by atoms with Crippen molar-refractivity contribution in [2.75, 3.05) is 5.32 Å². The zero-order valence-electron chi connectivity index (χ0n) is 8.29. The first kappa shape index (κ1) is 8.86. The molecule has 0 saturated heterocycles. The molecule has 2 aliphatic rings. The average molecular weight is 213 g/mol. The molecule has 1 aromatic rings. The van der Waals surface area contributed by atoms with Crippen LogP contribution in [0, 0.1) is 0 Å². The number of rotatable bonds is 0. The summed E-state index contributed by atoms with van der Waals surface area (Å²) in [6.45, 7) is 4.00. The van der Waals surface area contributed by atoms with E-state index in [0.29, 0.717) is 0 Å². The van der Waals surface area contributed by atoms with Crippen LogP contribution in [0.25, 0.3) is 0 Å². The van der Waals surface area contributed by atoms with Crippen molar-refractivity contribution >= 4 is 17.4 Å². The van der Waals surface area contributed by atoms with E-state index in [-0.39, 0.29) is 0 Å². The lowest BCUT2D eigenvalue weighted by Gasteiger charge is -2.24. The highest BCUT2D eigenvalue weighted by Gasteiger charge is 2.18. The zero-order chi connectivity index (χ0) is 10.3. The Bertz CT molecular complexity index is 497. The Morgan fingerprint density at radius 1 is 1.20 bits per heavy atom. The number of nitrogens with one attached hydrogen (secondary N) is 1. The topological polar surface area (TPSA) is 12.0 Å². The van der Waals surface area contributed by atoms with Gasteiger partial charge in [-0.25, -0.2) is 0 Å². The first-order valence-electron chi connectivity index (χ1n) is 4.96. The van der Waals surface area contributed by atoms with E-state index >= 15 is 0 Å². The number of allylic oxidation sites excluding steroid dienone is 4. The van der Waals surface area contributed by atoms with Gasteiger partial charge in [-0.1, -0.05) is 42.1 Å². The van der Waals surface area contributed by atoms with Crippen LogP contribution in [0.15, 0.2) is 64.1 Å². The lowest BCUT2D eigenvalue weighted by Crippen LogP contribution is -2.08. The number of thioether (sulfide) groups is 1. The van der Waals surface area contributed by atoms with Crippen molar-refractivity contribution in [1.82, 2.24) is 0 Å². The summed E-state index contributed by atoms with van der Waals surface area (Å²) < 4.78 is 0. The van der Waals surface area contributed by atoms with Crippen LogP contribution in [-0.4, -0.2) is 0 Å². The summed E-state index contributed by atoms with van der Waals surface area (Å²) in [5.74, 6) is 0. The van der Waals surface area contributed by atoms with Crippen molar-refractivity contribution in [3.05, 3.63) is 59.2 Å². The van der Waals surface area contributed by atoms with E-state index in [2.05, 4.69) is 48.3 Å². The molecule has 3 rings (SSSR count). The van der Waals surface area contributed by atoms with E-state index in [1.807, 2.05) is 11.8 Å². The molecule has 0 unspecified atom stereocenters. The number of hydrogen-bond acceptors (Lipinski definition) is 2. The molecule has 0 bridgehead atoms. The summed E-state index contributed by atoms with van der Waals surface area (Å²) in [6, 6.07) is 8.40. The molecule has 1 N–H and O–H groups in total. The van der Waals surface area contributed by atoms with E-state index in [1.165, 1.54) is 26.8 Å². The minimum absolute atomic E-state index is 0.970. The van der Waals surface area contributed by atoms with Crippen LogP contribution in [0.1, 0.15) is 6.42 Å². The number of fused-ring (bicyclic) bond motifs is 1. The van der Waals surface area contributed by atoms with Gasteiger partial charge < -0.3 is 5.32 Å². The molecule has 1 aromatic carbocycles. The highest BCUT2D eigenvalue weighted by atomic mass is 32.2. The van der Waals surface area contributed by atoms with Gasteiger partial charge in [-0.3, -0.25) is 0 Å². The third-order valence-electron chi connectivity index (χ3n) is 2.56. The van der Waals surface area contributed by atoms with Gasteiger partial charge in [0.05, 0.1) is 5.69 Å². The molecule has 1 heterocycles. The summed E-state index contributed by atoms with van der Waals surface area (Å²) in [5.41, 5.74) is 3.62. The van der Waals surface area contributed by atoms with Gasteiger partial charge in [-0.05, 0) is 18.2 Å². The summed E-state index contributed by atoms with van der Waals surface area (Å²) in [6.07, 6.45) is 5.17. The molecule has 1 aliphatic carbocycles. The number of benzene rings is 1. The monoisotopic (exact) mass is 213 g/mol. The molecule has 0 amide bonds. The van der Waals surface area contributed by atoms with Crippen LogP contribution in [0.5, 0.6) is 0 Å². The molecule has 74 valence electrons. The quantitative estimate of drug-likeness (QED) is 0.700. The van der Waals surface area contributed by atoms with E-state index in [1.54, 1.807) is 0 Å². The second-order valence-electron chi connectivity index (χ2n) is 3.73. The molecule has 0 fully saturated rings. The maximum absolute atomic E-state index is 4.00. The van der Waals surface area contributed by atoms with Crippen molar-refractivity contribution in [3.8, 4) is 0 Å². The molecular weight excluding hydrogens is 202 g/mol. The molecule has 0 spiro atoms. The standard InChI is InChI=1S/C13H11NS/c1-9-6-7-11-13(8-9)15-12-5-3-2-4-10(12)14-11/h2-7,14H,1,8H2. The van der Waals surface area contributed by atoms with E-state index < -0.39 is 0 Å². The van der Waals surface area contributed by atoms with Gasteiger partial charge in [-0.15, -0.1) is 0 Å². The smallest absolute Gasteiger partial charge is 0.0526 e. The van der Waals surface area contributed by atoms with Crippen molar-refractivity contribution in [2.24, 2.45) is 0 Å². The Balaban J connectivity index is 2.02. The van der Waals surface area contributed by atoms with Gasteiger partial charge in [-0.2, -0.15) is 0 Å². The Labute approximate surface area is 93.6 Å².